The van der Waals surface area contributed by atoms with Gasteiger partial charge in [-0.15, -0.1) is 12.4 Å². The standard InChI is InChI=1S/C14H17N5O3.ClH/c1-9(15-2)7-11-16-12(21-18-11)3-4-13-17-14(19-22-13)10-5-6-20-8-10;/h5-6,8-9,15H,3-4,7H2,1-2H3;1H. The van der Waals surface area contributed by atoms with Crippen molar-refractivity contribution in [3.63, 3.8) is 0 Å². The van der Waals surface area contributed by atoms with Gasteiger partial charge in [0, 0.05) is 25.3 Å². The van der Waals surface area contributed by atoms with Crippen LogP contribution in [-0.4, -0.2) is 33.4 Å². The fourth-order valence-electron chi connectivity index (χ4n) is 1.93. The van der Waals surface area contributed by atoms with Gasteiger partial charge >= 0.3 is 0 Å². The molecule has 0 saturated heterocycles. The van der Waals surface area contributed by atoms with Crippen LogP contribution in [0.2, 0.25) is 0 Å². The van der Waals surface area contributed by atoms with Gasteiger partial charge in [-0.05, 0) is 20.0 Å². The highest BCUT2D eigenvalue weighted by Gasteiger charge is 2.13. The largest absolute Gasteiger partial charge is 0.472 e. The zero-order chi connectivity index (χ0) is 15.4. The van der Waals surface area contributed by atoms with Crippen molar-refractivity contribution in [2.75, 3.05) is 7.05 Å². The summed E-state index contributed by atoms with van der Waals surface area (Å²) in [6, 6.07) is 2.08. The molecule has 124 valence electrons. The molecule has 0 aliphatic carbocycles. The molecule has 1 atom stereocenters. The van der Waals surface area contributed by atoms with E-state index in [1.54, 1.807) is 18.6 Å². The fraction of sp³-hybridized carbons (Fsp3) is 0.429. The van der Waals surface area contributed by atoms with E-state index in [-0.39, 0.29) is 12.4 Å². The highest BCUT2D eigenvalue weighted by molar-refractivity contribution is 5.85. The Morgan fingerprint density at radius 3 is 2.57 bits per heavy atom. The molecule has 1 N–H and O–H groups in total. The summed E-state index contributed by atoms with van der Waals surface area (Å²) in [6.45, 7) is 2.06. The van der Waals surface area contributed by atoms with Crippen molar-refractivity contribution in [2.45, 2.75) is 32.2 Å². The zero-order valence-electron chi connectivity index (χ0n) is 12.9. The molecule has 3 heterocycles. The summed E-state index contributed by atoms with van der Waals surface area (Å²) in [5.41, 5.74) is 0.788. The lowest BCUT2D eigenvalue weighted by molar-refractivity contribution is 0.351. The Kier molecular flexibility index (Phi) is 5.89. The number of hydrogen-bond donors (Lipinski definition) is 1. The van der Waals surface area contributed by atoms with E-state index >= 15 is 0 Å². The van der Waals surface area contributed by atoms with E-state index in [0.29, 0.717) is 42.3 Å². The van der Waals surface area contributed by atoms with E-state index in [2.05, 4.69) is 32.5 Å². The molecular weight excluding hydrogens is 322 g/mol. The normalized spacial score (nSPS) is 12.1. The number of aromatic nitrogens is 4. The van der Waals surface area contributed by atoms with Crippen molar-refractivity contribution < 1.29 is 13.5 Å². The molecule has 0 radical (unpaired) electrons. The van der Waals surface area contributed by atoms with Crippen LogP contribution in [0.5, 0.6) is 0 Å². The smallest absolute Gasteiger partial charge is 0.227 e. The lowest BCUT2D eigenvalue weighted by atomic mass is 10.2. The number of halogens is 1. The van der Waals surface area contributed by atoms with Crippen LogP contribution in [0.15, 0.2) is 32.1 Å². The quantitative estimate of drug-likeness (QED) is 0.697. The molecule has 9 heteroatoms. The molecule has 0 aromatic carbocycles. The molecule has 3 rings (SSSR count). The first-order valence-electron chi connectivity index (χ1n) is 7.08. The number of rotatable bonds is 7. The number of hydrogen-bond acceptors (Lipinski definition) is 8. The van der Waals surface area contributed by atoms with Crippen LogP contribution in [0.25, 0.3) is 11.4 Å². The monoisotopic (exact) mass is 339 g/mol. The summed E-state index contributed by atoms with van der Waals surface area (Å²) < 4.78 is 15.4. The van der Waals surface area contributed by atoms with E-state index in [1.165, 1.54) is 0 Å². The molecule has 1 unspecified atom stereocenters. The van der Waals surface area contributed by atoms with Gasteiger partial charge in [-0.1, -0.05) is 10.3 Å². The Labute approximate surface area is 139 Å². The third kappa shape index (κ3) is 4.40. The molecule has 3 aromatic heterocycles. The van der Waals surface area contributed by atoms with Crippen LogP contribution < -0.4 is 5.32 Å². The Balaban J connectivity index is 0.00000192. The number of nitrogens with zero attached hydrogens (tertiary/aromatic N) is 4. The first kappa shape index (κ1) is 17.2. The average Bonchev–Trinajstić information content (AvgIpc) is 3.26. The lowest BCUT2D eigenvalue weighted by Crippen LogP contribution is -2.24. The van der Waals surface area contributed by atoms with Crippen molar-refractivity contribution in [3.05, 3.63) is 36.2 Å². The molecule has 0 fully saturated rings. The fourth-order valence-corrected chi connectivity index (χ4v) is 1.93. The molecule has 23 heavy (non-hydrogen) atoms. The number of likely N-dealkylation sites (N-methyl/N-ethyl adjacent to an activating group) is 1. The van der Waals surface area contributed by atoms with Gasteiger partial charge in [0.1, 0.15) is 6.26 Å². The summed E-state index contributed by atoms with van der Waals surface area (Å²) >= 11 is 0. The van der Waals surface area contributed by atoms with Crippen molar-refractivity contribution >= 4 is 12.4 Å². The molecule has 3 aromatic rings. The third-order valence-corrected chi connectivity index (χ3v) is 3.29. The Bertz CT molecular complexity index is 710. The van der Waals surface area contributed by atoms with Crippen molar-refractivity contribution in [3.8, 4) is 11.4 Å². The summed E-state index contributed by atoms with van der Waals surface area (Å²) in [7, 11) is 1.90. The topological polar surface area (TPSA) is 103 Å². The Hall–Kier alpha value is -2.19. The maximum absolute atomic E-state index is 5.22. The third-order valence-electron chi connectivity index (χ3n) is 3.29. The van der Waals surface area contributed by atoms with Crippen LogP contribution in [0.1, 0.15) is 24.5 Å². The molecule has 0 amide bonds. The molecule has 8 nitrogen and oxygen atoms in total. The van der Waals surface area contributed by atoms with Gasteiger partial charge in [0.05, 0.1) is 11.8 Å². The molecule has 0 spiro atoms. The van der Waals surface area contributed by atoms with Crippen molar-refractivity contribution in [1.82, 2.24) is 25.6 Å². The molecular formula is C14H18ClN5O3. The average molecular weight is 340 g/mol. The summed E-state index contributed by atoms with van der Waals surface area (Å²) in [4.78, 5) is 8.65. The number of aryl methyl sites for hydroxylation is 2. The van der Waals surface area contributed by atoms with Crippen molar-refractivity contribution in [2.24, 2.45) is 0 Å². The van der Waals surface area contributed by atoms with Crippen LogP contribution in [0.4, 0.5) is 0 Å². The Morgan fingerprint density at radius 2 is 1.87 bits per heavy atom. The Morgan fingerprint density at radius 1 is 1.13 bits per heavy atom. The first-order valence-corrected chi connectivity index (χ1v) is 7.08. The highest BCUT2D eigenvalue weighted by Crippen LogP contribution is 2.16. The van der Waals surface area contributed by atoms with Gasteiger partial charge < -0.3 is 18.8 Å². The summed E-state index contributed by atoms with van der Waals surface area (Å²) in [5.74, 6) is 2.31. The minimum absolute atomic E-state index is 0. The second-order valence-electron chi connectivity index (χ2n) is 5.02. The van der Waals surface area contributed by atoms with E-state index in [0.717, 1.165) is 12.0 Å². The van der Waals surface area contributed by atoms with Gasteiger partial charge in [0.2, 0.25) is 17.6 Å². The van der Waals surface area contributed by atoms with Crippen LogP contribution in [0, 0.1) is 0 Å². The van der Waals surface area contributed by atoms with E-state index in [1.807, 2.05) is 7.05 Å². The number of nitrogens with one attached hydrogen (secondary N) is 1. The van der Waals surface area contributed by atoms with Gasteiger partial charge in [0.15, 0.2) is 5.82 Å². The maximum atomic E-state index is 5.22. The van der Waals surface area contributed by atoms with E-state index in [4.69, 9.17) is 13.5 Å². The molecule has 0 aliphatic rings. The van der Waals surface area contributed by atoms with E-state index < -0.39 is 0 Å². The highest BCUT2D eigenvalue weighted by atomic mass is 35.5. The molecule has 0 saturated carbocycles. The van der Waals surface area contributed by atoms with Crippen LogP contribution in [-0.2, 0) is 19.3 Å². The second-order valence-corrected chi connectivity index (χ2v) is 5.02. The predicted octanol–water partition coefficient (Wildman–Crippen LogP) is 2.07. The van der Waals surface area contributed by atoms with Gasteiger partial charge in [-0.2, -0.15) is 9.97 Å². The maximum Gasteiger partial charge on any atom is 0.227 e. The molecule has 0 bridgehead atoms. The van der Waals surface area contributed by atoms with Gasteiger partial charge in [-0.3, -0.25) is 0 Å². The lowest BCUT2D eigenvalue weighted by Gasteiger charge is -2.04. The van der Waals surface area contributed by atoms with Crippen LogP contribution in [0.3, 0.4) is 0 Å². The summed E-state index contributed by atoms with van der Waals surface area (Å²) in [6.07, 6.45) is 4.98. The SMILES string of the molecule is CNC(C)Cc1noc(CCc2nc(-c3ccoc3)no2)n1.Cl. The summed E-state index contributed by atoms with van der Waals surface area (Å²) in [5, 5.41) is 11.0. The second kappa shape index (κ2) is 7.89. The van der Waals surface area contributed by atoms with Crippen molar-refractivity contribution in [1.29, 1.82) is 0 Å². The predicted molar refractivity (Wildman–Crippen MR) is 83.2 cm³/mol. The van der Waals surface area contributed by atoms with Gasteiger partial charge in [0.25, 0.3) is 0 Å². The van der Waals surface area contributed by atoms with E-state index in [9.17, 15) is 0 Å². The van der Waals surface area contributed by atoms with Crippen LogP contribution >= 0.6 is 12.4 Å². The van der Waals surface area contributed by atoms with Gasteiger partial charge in [-0.25, -0.2) is 0 Å². The first-order chi connectivity index (χ1) is 10.7. The molecule has 0 aliphatic heterocycles. The number of furan rings is 1. The minimum Gasteiger partial charge on any atom is -0.472 e. The zero-order valence-corrected chi connectivity index (χ0v) is 13.7. The minimum atomic E-state index is 0.